The standard InChI is InChI=1S/2C21H13ClN.2ClH.Zr/c2*22-15-10-11-17-14(12-15)13-19-18-8-4-5-9-20(18)23(21(17)19)16-6-2-1-3-7-16;;;/h2*1-11H,13H2;2*1H;. The van der Waals surface area contributed by atoms with Gasteiger partial charge in [0, 0.05) is 0 Å². The summed E-state index contributed by atoms with van der Waals surface area (Å²) in [5.41, 5.74) is 15.6. The Morgan fingerprint density at radius 1 is 0.429 bits per heavy atom. The van der Waals surface area contributed by atoms with Crippen molar-refractivity contribution in [1.82, 2.24) is 9.13 Å². The van der Waals surface area contributed by atoms with Crippen LogP contribution in [0.4, 0.5) is 0 Å². The predicted molar refractivity (Wildman–Crippen MR) is 207 cm³/mol. The Morgan fingerprint density at radius 2 is 0.816 bits per heavy atom. The van der Waals surface area contributed by atoms with Gasteiger partial charge >= 0.3 is 296 Å². The van der Waals surface area contributed by atoms with E-state index in [2.05, 4.69) is 143 Å². The number of hydrogen-bond donors (Lipinski definition) is 0. The molecule has 10 rings (SSSR count). The zero-order chi connectivity index (χ0) is 31.2. The molecule has 0 fully saturated rings. The fourth-order valence-corrected chi connectivity index (χ4v) is 12.4. The summed E-state index contributed by atoms with van der Waals surface area (Å²) in [4.78, 5) is 0. The summed E-state index contributed by atoms with van der Waals surface area (Å²) >= 11 is 12.9. The van der Waals surface area contributed by atoms with Crippen LogP contribution in [0.3, 0.4) is 0 Å². The summed E-state index contributed by atoms with van der Waals surface area (Å²) < 4.78 is 7.57. The number of fused-ring (bicyclic) bond motifs is 10. The van der Waals surface area contributed by atoms with E-state index in [1.165, 1.54) is 84.5 Å². The van der Waals surface area contributed by atoms with Gasteiger partial charge in [-0.05, 0) is 0 Å². The predicted octanol–water partition coefficient (Wildman–Crippen LogP) is 10.9. The first-order chi connectivity index (χ1) is 23.2. The van der Waals surface area contributed by atoms with Gasteiger partial charge in [0.05, 0.1) is 0 Å². The van der Waals surface area contributed by atoms with E-state index in [4.69, 9.17) is 23.2 Å². The molecule has 6 aromatic carbocycles. The summed E-state index contributed by atoms with van der Waals surface area (Å²) in [6.07, 6.45) is 1.77. The maximum absolute atomic E-state index is 7.19. The second-order valence-corrected chi connectivity index (χ2v) is 16.3. The van der Waals surface area contributed by atoms with Gasteiger partial charge in [0.2, 0.25) is 0 Å². The molecular formula is C42H28Cl4N2Zr. The van der Waals surface area contributed by atoms with Crippen molar-refractivity contribution in [3.8, 4) is 33.9 Å². The van der Waals surface area contributed by atoms with E-state index in [9.17, 15) is 0 Å². The van der Waals surface area contributed by atoms with Crippen LogP contribution in [0.25, 0.3) is 55.7 Å². The van der Waals surface area contributed by atoms with E-state index in [0.717, 1.165) is 22.9 Å². The van der Waals surface area contributed by atoms with E-state index in [1.54, 1.807) is 0 Å². The molecule has 2 aliphatic carbocycles. The summed E-state index contributed by atoms with van der Waals surface area (Å²) in [5.74, 6) is 0. The molecule has 0 amide bonds. The van der Waals surface area contributed by atoms with Crippen LogP contribution in [0.2, 0.25) is 10.0 Å². The number of para-hydroxylation sites is 4. The van der Waals surface area contributed by atoms with Crippen molar-refractivity contribution in [3.63, 3.8) is 0 Å². The molecule has 0 unspecified atom stereocenters. The van der Waals surface area contributed by atoms with Gasteiger partial charge < -0.3 is 0 Å². The fraction of sp³-hybridized carbons (Fsp3) is 0.0476. The molecule has 2 nitrogen and oxygen atoms in total. The Bertz CT molecular complexity index is 2390. The van der Waals surface area contributed by atoms with Crippen LogP contribution >= 0.6 is 48.0 Å². The van der Waals surface area contributed by atoms with Crippen molar-refractivity contribution in [2.24, 2.45) is 0 Å². The number of rotatable bonds is 4. The van der Waals surface area contributed by atoms with Crippen LogP contribution in [0.1, 0.15) is 22.3 Å². The molecule has 0 bridgehead atoms. The van der Waals surface area contributed by atoms with Gasteiger partial charge in [0.1, 0.15) is 0 Å². The average molecular weight is 794 g/mol. The van der Waals surface area contributed by atoms with Crippen molar-refractivity contribution in [1.29, 1.82) is 0 Å². The van der Waals surface area contributed by atoms with Crippen LogP contribution in [0.5, 0.6) is 0 Å². The second kappa shape index (κ2) is 12.6. The SMILES string of the molecule is Cl.Cl.Clc1ccc2c([c]1[Zr][c]1c(Cl)ccc3c1Cc1c-3n(-c3ccccc3)c3ccccc13)Cc1c-2n(-c2ccccc2)c2ccccc12. The van der Waals surface area contributed by atoms with Crippen molar-refractivity contribution < 1.29 is 23.2 Å². The molecule has 7 heteroatoms. The average Bonchev–Trinajstić information content (AvgIpc) is 3.85. The Balaban J connectivity index is 0.00000174. The second-order valence-electron chi connectivity index (χ2n) is 12.4. The molecule has 2 aliphatic rings. The number of nitrogens with zero attached hydrogens (tertiary/aromatic N) is 2. The number of hydrogen-bond acceptors (Lipinski definition) is 0. The molecule has 0 atom stereocenters. The van der Waals surface area contributed by atoms with Crippen molar-refractivity contribution in [2.45, 2.75) is 12.8 Å². The maximum atomic E-state index is 7.19. The topological polar surface area (TPSA) is 9.86 Å². The van der Waals surface area contributed by atoms with E-state index in [0.29, 0.717) is 0 Å². The first kappa shape index (κ1) is 32.6. The molecule has 0 spiro atoms. The summed E-state index contributed by atoms with van der Waals surface area (Å²) in [5, 5.41) is 4.38. The van der Waals surface area contributed by atoms with Gasteiger partial charge in [-0.3, -0.25) is 0 Å². The van der Waals surface area contributed by atoms with E-state index >= 15 is 0 Å². The van der Waals surface area contributed by atoms with Gasteiger partial charge in [0.15, 0.2) is 0 Å². The fourth-order valence-electron chi connectivity index (χ4n) is 8.03. The van der Waals surface area contributed by atoms with Gasteiger partial charge in [-0.2, -0.15) is 0 Å². The monoisotopic (exact) mass is 790 g/mol. The molecule has 0 aliphatic heterocycles. The first-order valence-corrected chi connectivity index (χ1v) is 19.1. The minimum absolute atomic E-state index is 0. The Morgan fingerprint density at radius 3 is 1.24 bits per heavy atom. The van der Waals surface area contributed by atoms with E-state index < -0.39 is 23.2 Å². The molecule has 0 radical (unpaired) electrons. The third kappa shape index (κ3) is 4.85. The third-order valence-electron chi connectivity index (χ3n) is 9.98. The normalized spacial score (nSPS) is 12.2. The zero-order valence-corrected chi connectivity index (χ0v) is 31.7. The van der Waals surface area contributed by atoms with Gasteiger partial charge in [-0.1, -0.05) is 0 Å². The van der Waals surface area contributed by atoms with Crippen LogP contribution < -0.4 is 6.54 Å². The van der Waals surface area contributed by atoms with Crippen LogP contribution in [-0.4, -0.2) is 9.13 Å². The number of benzene rings is 6. The quantitative estimate of drug-likeness (QED) is 0.168. The van der Waals surface area contributed by atoms with Crippen molar-refractivity contribution >= 4 is 76.4 Å². The van der Waals surface area contributed by atoms with Crippen LogP contribution in [-0.2, 0) is 36.1 Å². The van der Waals surface area contributed by atoms with E-state index in [1.807, 2.05) is 0 Å². The molecule has 0 saturated carbocycles. The molecule has 8 aromatic rings. The first-order valence-electron chi connectivity index (χ1n) is 15.9. The van der Waals surface area contributed by atoms with Crippen LogP contribution in [0, 0.1) is 0 Å². The Hall–Kier alpha value is -3.56. The number of halogens is 4. The molecule has 0 saturated heterocycles. The summed E-state index contributed by atoms with van der Waals surface area (Å²) in [6.45, 7) is 0. The molecule has 49 heavy (non-hydrogen) atoms. The molecule has 0 N–H and O–H groups in total. The summed E-state index contributed by atoms with van der Waals surface area (Å²) in [7, 11) is 0. The summed E-state index contributed by atoms with van der Waals surface area (Å²) in [6, 6.07) is 47.8. The molecular weight excluding hydrogens is 766 g/mol. The van der Waals surface area contributed by atoms with Gasteiger partial charge in [-0.15, -0.1) is 24.8 Å². The van der Waals surface area contributed by atoms with Gasteiger partial charge in [0.25, 0.3) is 0 Å². The Kier molecular flexibility index (Phi) is 8.42. The third-order valence-corrected chi connectivity index (χ3v) is 15.4. The molecule has 2 heterocycles. The zero-order valence-electron chi connectivity index (χ0n) is 26.1. The van der Waals surface area contributed by atoms with Gasteiger partial charge in [-0.25, -0.2) is 0 Å². The molecule has 238 valence electrons. The van der Waals surface area contributed by atoms with Crippen molar-refractivity contribution in [3.05, 3.63) is 166 Å². The Labute approximate surface area is 318 Å². The molecule has 2 aromatic heterocycles. The van der Waals surface area contributed by atoms with Crippen LogP contribution in [0.15, 0.2) is 133 Å². The minimum atomic E-state index is -1.45. The van der Waals surface area contributed by atoms with E-state index in [-0.39, 0.29) is 24.8 Å². The number of aromatic nitrogens is 2. The van der Waals surface area contributed by atoms with Crippen molar-refractivity contribution in [2.75, 3.05) is 0 Å².